The van der Waals surface area contributed by atoms with Gasteiger partial charge in [-0.05, 0) is 31.4 Å². The van der Waals surface area contributed by atoms with Crippen molar-refractivity contribution >= 4 is 24.0 Å². The number of non-ortho nitro benzene ring substituents is 1. The van der Waals surface area contributed by atoms with Gasteiger partial charge in [-0.3, -0.25) is 14.9 Å². The van der Waals surface area contributed by atoms with Crippen LogP contribution < -0.4 is 15.4 Å². The molecule has 7 nitrogen and oxygen atoms in total. The number of hydrogen-bond acceptors (Lipinski definition) is 5. The summed E-state index contributed by atoms with van der Waals surface area (Å²) in [6.07, 6.45) is 4.24. The molecule has 1 heterocycles. The van der Waals surface area contributed by atoms with Crippen LogP contribution in [0.15, 0.2) is 18.2 Å². The third kappa shape index (κ3) is 3.72. The van der Waals surface area contributed by atoms with E-state index in [4.69, 9.17) is 4.74 Å². The van der Waals surface area contributed by atoms with Crippen molar-refractivity contribution in [3.63, 3.8) is 0 Å². The molecule has 0 spiro atoms. The zero-order valence-corrected chi connectivity index (χ0v) is 15.1. The standard InChI is InChI=1S/C17H23N3O4.ClH/c1-24-15-6-5-14(20(22)23)8-12(15)9-19-16(21)17-7-3-2-4-13(17)10-18-11-17;/h5-6,8,13,18H,2-4,7,9-11H2,1H3,(H,19,21);1H/t13-,17+;/m0./s1. The van der Waals surface area contributed by atoms with Gasteiger partial charge < -0.3 is 15.4 Å². The SMILES string of the molecule is COc1ccc([N+](=O)[O-])cc1CNC(=O)[C@@]12CCCC[C@H]1CNC2.Cl. The lowest BCUT2D eigenvalue weighted by Crippen LogP contribution is -2.47. The Kier molecular flexibility index (Phi) is 6.24. The third-order valence-corrected chi connectivity index (χ3v) is 5.40. The second-order valence-electron chi connectivity index (χ2n) is 6.67. The van der Waals surface area contributed by atoms with Crippen molar-refractivity contribution in [1.82, 2.24) is 10.6 Å². The second-order valence-corrected chi connectivity index (χ2v) is 6.67. The Morgan fingerprint density at radius 2 is 2.28 bits per heavy atom. The van der Waals surface area contributed by atoms with E-state index in [9.17, 15) is 14.9 Å². The number of hydrogen-bond donors (Lipinski definition) is 2. The number of benzene rings is 1. The van der Waals surface area contributed by atoms with Crippen molar-refractivity contribution in [2.75, 3.05) is 20.2 Å². The fourth-order valence-electron chi connectivity index (χ4n) is 4.06. The highest BCUT2D eigenvalue weighted by Gasteiger charge is 2.49. The van der Waals surface area contributed by atoms with E-state index in [0.717, 1.165) is 32.4 Å². The molecule has 0 aromatic heterocycles. The topological polar surface area (TPSA) is 93.5 Å². The van der Waals surface area contributed by atoms with Gasteiger partial charge in [0.15, 0.2) is 0 Å². The molecule has 0 unspecified atom stereocenters. The number of nitro benzene ring substituents is 1. The summed E-state index contributed by atoms with van der Waals surface area (Å²) >= 11 is 0. The van der Waals surface area contributed by atoms with Gasteiger partial charge in [0.2, 0.25) is 5.91 Å². The van der Waals surface area contributed by atoms with Crippen LogP contribution in [0.3, 0.4) is 0 Å². The van der Waals surface area contributed by atoms with Crippen LogP contribution in [0.25, 0.3) is 0 Å². The average molecular weight is 370 g/mol. The maximum absolute atomic E-state index is 12.9. The summed E-state index contributed by atoms with van der Waals surface area (Å²) in [5.74, 6) is 0.979. The van der Waals surface area contributed by atoms with Crippen molar-refractivity contribution in [3.8, 4) is 5.75 Å². The molecule has 8 heteroatoms. The molecule has 1 aromatic rings. The quantitative estimate of drug-likeness (QED) is 0.614. The van der Waals surface area contributed by atoms with Crippen molar-refractivity contribution in [3.05, 3.63) is 33.9 Å². The zero-order valence-electron chi connectivity index (χ0n) is 14.2. The van der Waals surface area contributed by atoms with Crippen molar-refractivity contribution in [2.45, 2.75) is 32.2 Å². The lowest BCUT2D eigenvalue weighted by molar-refractivity contribution is -0.384. The highest BCUT2D eigenvalue weighted by atomic mass is 35.5. The van der Waals surface area contributed by atoms with E-state index in [-0.39, 0.29) is 36.0 Å². The molecule has 1 aliphatic carbocycles. The number of rotatable bonds is 5. The zero-order chi connectivity index (χ0) is 17.2. The summed E-state index contributed by atoms with van der Waals surface area (Å²) in [5.41, 5.74) is 0.290. The number of amides is 1. The smallest absolute Gasteiger partial charge is 0.270 e. The maximum Gasteiger partial charge on any atom is 0.270 e. The van der Waals surface area contributed by atoms with E-state index in [0.29, 0.717) is 17.2 Å². The lowest BCUT2D eigenvalue weighted by atomic mass is 9.67. The van der Waals surface area contributed by atoms with E-state index < -0.39 is 4.92 Å². The number of carbonyl (C=O) groups excluding carboxylic acids is 1. The van der Waals surface area contributed by atoms with E-state index in [1.807, 2.05) is 0 Å². The largest absolute Gasteiger partial charge is 0.496 e. The predicted molar refractivity (Wildman–Crippen MR) is 96.0 cm³/mol. The third-order valence-electron chi connectivity index (χ3n) is 5.40. The number of fused-ring (bicyclic) bond motifs is 1. The van der Waals surface area contributed by atoms with E-state index in [1.54, 1.807) is 6.07 Å². The molecule has 2 aliphatic rings. The molecular formula is C17H24ClN3O4. The molecule has 2 N–H and O–H groups in total. The normalized spacial score (nSPS) is 24.8. The van der Waals surface area contributed by atoms with Gasteiger partial charge in [0.25, 0.3) is 5.69 Å². The molecule has 1 aliphatic heterocycles. The Morgan fingerprint density at radius 1 is 1.48 bits per heavy atom. The van der Waals surface area contributed by atoms with Gasteiger partial charge in [0.1, 0.15) is 5.75 Å². The number of nitrogens with zero attached hydrogens (tertiary/aromatic N) is 1. The summed E-state index contributed by atoms with van der Waals surface area (Å²) in [4.78, 5) is 23.4. The van der Waals surface area contributed by atoms with Crippen LogP contribution >= 0.6 is 12.4 Å². The summed E-state index contributed by atoms with van der Waals surface area (Å²) in [6.45, 7) is 1.85. The Hall–Kier alpha value is -1.86. The lowest BCUT2D eigenvalue weighted by Gasteiger charge is -2.37. The molecule has 1 aromatic carbocycles. The molecule has 3 rings (SSSR count). The van der Waals surface area contributed by atoms with Crippen LogP contribution in [0.4, 0.5) is 5.69 Å². The van der Waals surface area contributed by atoms with Gasteiger partial charge in [-0.15, -0.1) is 12.4 Å². The monoisotopic (exact) mass is 369 g/mol. The number of methoxy groups -OCH3 is 1. The Balaban J connectivity index is 0.00000225. The fourth-order valence-corrected chi connectivity index (χ4v) is 4.06. The van der Waals surface area contributed by atoms with Gasteiger partial charge in [-0.25, -0.2) is 0 Å². The van der Waals surface area contributed by atoms with Crippen LogP contribution in [0.2, 0.25) is 0 Å². The molecule has 2 fully saturated rings. The highest BCUT2D eigenvalue weighted by Crippen LogP contribution is 2.44. The number of nitro groups is 1. The van der Waals surface area contributed by atoms with Crippen LogP contribution in [0.5, 0.6) is 5.75 Å². The summed E-state index contributed by atoms with van der Waals surface area (Å²) in [7, 11) is 1.52. The minimum Gasteiger partial charge on any atom is -0.496 e. The first-order valence-corrected chi connectivity index (χ1v) is 8.37. The van der Waals surface area contributed by atoms with Crippen molar-refractivity contribution in [1.29, 1.82) is 0 Å². The number of halogens is 1. The molecular weight excluding hydrogens is 346 g/mol. The van der Waals surface area contributed by atoms with Crippen LogP contribution in [-0.2, 0) is 11.3 Å². The van der Waals surface area contributed by atoms with E-state index in [2.05, 4.69) is 10.6 Å². The minimum atomic E-state index is -0.443. The summed E-state index contributed by atoms with van der Waals surface area (Å²) in [5, 5.41) is 17.3. The van der Waals surface area contributed by atoms with Crippen LogP contribution in [-0.4, -0.2) is 31.0 Å². The predicted octanol–water partition coefficient (Wildman–Crippen LogP) is 2.42. The second kappa shape index (κ2) is 8.01. The van der Waals surface area contributed by atoms with Gasteiger partial charge in [-0.2, -0.15) is 0 Å². The van der Waals surface area contributed by atoms with E-state index >= 15 is 0 Å². The Morgan fingerprint density at radius 3 is 3.00 bits per heavy atom. The maximum atomic E-state index is 12.9. The molecule has 25 heavy (non-hydrogen) atoms. The van der Waals surface area contributed by atoms with E-state index in [1.165, 1.54) is 25.7 Å². The van der Waals surface area contributed by atoms with Crippen LogP contribution in [0, 0.1) is 21.4 Å². The van der Waals surface area contributed by atoms with Gasteiger partial charge in [-0.1, -0.05) is 12.8 Å². The fraction of sp³-hybridized carbons (Fsp3) is 0.588. The summed E-state index contributed by atoms with van der Waals surface area (Å²) in [6, 6.07) is 4.43. The molecule has 0 bridgehead atoms. The number of carbonyl (C=O) groups is 1. The summed E-state index contributed by atoms with van der Waals surface area (Å²) < 4.78 is 5.26. The molecule has 0 radical (unpaired) electrons. The Bertz CT molecular complexity index is 655. The highest BCUT2D eigenvalue weighted by molar-refractivity contribution is 5.85. The van der Waals surface area contributed by atoms with Crippen molar-refractivity contribution < 1.29 is 14.5 Å². The van der Waals surface area contributed by atoms with Gasteiger partial charge >= 0.3 is 0 Å². The molecule has 1 amide bonds. The average Bonchev–Trinajstić information content (AvgIpc) is 3.04. The molecule has 1 saturated carbocycles. The minimum absolute atomic E-state index is 0. The number of ether oxygens (including phenoxy) is 1. The number of nitrogens with one attached hydrogen (secondary N) is 2. The first-order valence-electron chi connectivity index (χ1n) is 8.37. The van der Waals surface area contributed by atoms with Gasteiger partial charge in [0, 0.05) is 30.8 Å². The van der Waals surface area contributed by atoms with Crippen molar-refractivity contribution in [2.24, 2.45) is 11.3 Å². The Labute approximate surface area is 153 Å². The first-order chi connectivity index (χ1) is 11.6. The molecule has 1 saturated heterocycles. The van der Waals surface area contributed by atoms with Crippen LogP contribution in [0.1, 0.15) is 31.2 Å². The molecule has 138 valence electrons. The molecule has 2 atom stereocenters. The first kappa shape index (κ1) is 19.5. The van der Waals surface area contributed by atoms with Gasteiger partial charge in [0.05, 0.1) is 17.4 Å².